The Hall–Kier alpha value is -1.66. The van der Waals surface area contributed by atoms with Crippen LogP contribution in [0, 0.1) is 11.8 Å². The highest BCUT2D eigenvalue weighted by Crippen LogP contribution is 2.53. The van der Waals surface area contributed by atoms with Crippen molar-refractivity contribution in [2.24, 2.45) is 11.8 Å². The zero-order valence-electron chi connectivity index (χ0n) is 14.1. The number of amides is 1. The Morgan fingerprint density at radius 3 is 2.84 bits per heavy atom. The summed E-state index contributed by atoms with van der Waals surface area (Å²) in [6.45, 7) is 4.56. The van der Waals surface area contributed by atoms with Crippen LogP contribution >= 0.6 is 15.9 Å². The summed E-state index contributed by atoms with van der Waals surface area (Å²) in [5, 5.41) is 0. The number of likely N-dealkylation sites (tertiary alicyclic amines) is 1. The number of carbonyl (C=O) groups excluding carboxylic acids is 2. The summed E-state index contributed by atoms with van der Waals surface area (Å²) in [6.07, 6.45) is 3.52. The van der Waals surface area contributed by atoms with Gasteiger partial charge in [-0.05, 0) is 31.5 Å². The molecular weight excluding hydrogens is 386 g/mol. The normalized spacial score (nSPS) is 33.6. The largest absolute Gasteiger partial charge is 0.466 e. The van der Waals surface area contributed by atoms with Gasteiger partial charge in [-0.1, -0.05) is 40.2 Å². The van der Waals surface area contributed by atoms with Crippen molar-refractivity contribution in [2.75, 3.05) is 13.2 Å². The third kappa shape index (κ3) is 2.46. The van der Waals surface area contributed by atoms with Gasteiger partial charge in [0.2, 0.25) is 5.91 Å². The molecule has 1 aromatic carbocycles. The predicted octanol–water partition coefficient (Wildman–Crippen LogP) is 2.86. The Bertz CT molecular complexity index is 746. The van der Waals surface area contributed by atoms with Gasteiger partial charge in [-0.2, -0.15) is 0 Å². The molecule has 5 atom stereocenters. The molecule has 4 rings (SSSR count). The molecular formula is C19H20BrNO4. The first-order valence-electron chi connectivity index (χ1n) is 8.56. The quantitative estimate of drug-likeness (QED) is 0.570. The number of benzene rings is 1. The lowest BCUT2D eigenvalue weighted by molar-refractivity contribution is -0.153. The topological polar surface area (TPSA) is 55.8 Å². The molecule has 0 radical (unpaired) electrons. The second-order valence-corrected chi connectivity index (χ2v) is 7.76. The van der Waals surface area contributed by atoms with E-state index in [1.807, 2.05) is 48.2 Å². The van der Waals surface area contributed by atoms with Gasteiger partial charge in [0.05, 0.1) is 31.2 Å². The maximum absolute atomic E-state index is 13.2. The fourth-order valence-electron chi connectivity index (χ4n) is 4.28. The van der Waals surface area contributed by atoms with Crippen LogP contribution in [-0.4, -0.2) is 41.6 Å². The van der Waals surface area contributed by atoms with Crippen LogP contribution in [0.2, 0.25) is 0 Å². The van der Waals surface area contributed by atoms with Crippen LogP contribution < -0.4 is 0 Å². The summed E-state index contributed by atoms with van der Waals surface area (Å²) in [4.78, 5) is 27.4. The molecule has 3 heterocycles. The molecule has 3 aliphatic heterocycles. The SMILES string of the molecule is CCOC(=O)[C@H]1[C@@H]2C=C[C@]3(CN([C@H](C)c4ccc(Br)cc4)C(=O)[C@H]13)O2. The molecule has 2 fully saturated rings. The van der Waals surface area contributed by atoms with Crippen molar-refractivity contribution in [3.8, 4) is 0 Å². The highest BCUT2D eigenvalue weighted by Gasteiger charge is 2.67. The number of rotatable bonds is 4. The lowest BCUT2D eigenvalue weighted by Crippen LogP contribution is -2.40. The van der Waals surface area contributed by atoms with E-state index in [9.17, 15) is 9.59 Å². The van der Waals surface area contributed by atoms with Gasteiger partial charge in [0, 0.05) is 4.47 Å². The molecule has 132 valence electrons. The van der Waals surface area contributed by atoms with E-state index in [4.69, 9.17) is 9.47 Å². The number of esters is 1. The summed E-state index contributed by atoms with van der Waals surface area (Å²) >= 11 is 3.43. The van der Waals surface area contributed by atoms with Gasteiger partial charge in [-0.15, -0.1) is 0 Å². The number of nitrogens with zero attached hydrogens (tertiary/aromatic N) is 1. The number of halogens is 1. The highest BCUT2D eigenvalue weighted by molar-refractivity contribution is 9.10. The standard InChI is InChI=1S/C19H20BrNO4/c1-3-24-18(23)15-14-8-9-19(25-14)10-21(17(22)16(15)19)11(2)12-4-6-13(20)7-5-12/h4-9,11,14-16H,3,10H2,1-2H3/t11-,14+,15+,16+,19-/m1/s1. The van der Waals surface area contributed by atoms with E-state index in [1.54, 1.807) is 6.92 Å². The first-order chi connectivity index (χ1) is 12.0. The number of ether oxygens (including phenoxy) is 2. The number of hydrogen-bond acceptors (Lipinski definition) is 4. The van der Waals surface area contributed by atoms with Gasteiger partial charge in [-0.25, -0.2) is 0 Å². The van der Waals surface area contributed by atoms with E-state index in [1.165, 1.54) is 0 Å². The Balaban J connectivity index is 1.63. The zero-order valence-corrected chi connectivity index (χ0v) is 15.7. The molecule has 1 spiro atoms. The van der Waals surface area contributed by atoms with Crippen LogP contribution in [0.5, 0.6) is 0 Å². The molecule has 0 aliphatic carbocycles. The van der Waals surface area contributed by atoms with E-state index in [-0.39, 0.29) is 24.0 Å². The minimum absolute atomic E-state index is 0.0275. The number of hydrogen-bond donors (Lipinski definition) is 0. The van der Waals surface area contributed by atoms with Crippen LogP contribution in [-0.2, 0) is 19.1 Å². The van der Waals surface area contributed by atoms with E-state index in [0.717, 1.165) is 10.0 Å². The van der Waals surface area contributed by atoms with Crippen LogP contribution in [0.15, 0.2) is 40.9 Å². The van der Waals surface area contributed by atoms with Crippen molar-refractivity contribution < 1.29 is 19.1 Å². The molecule has 1 aromatic rings. The third-order valence-electron chi connectivity index (χ3n) is 5.51. The molecule has 2 saturated heterocycles. The molecule has 0 unspecified atom stereocenters. The molecule has 25 heavy (non-hydrogen) atoms. The van der Waals surface area contributed by atoms with Crippen molar-refractivity contribution in [1.82, 2.24) is 4.90 Å². The minimum atomic E-state index is -0.692. The van der Waals surface area contributed by atoms with Crippen LogP contribution in [0.25, 0.3) is 0 Å². The smallest absolute Gasteiger partial charge is 0.312 e. The lowest BCUT2D eigenvalue weighted by Gasteiger charge is -2.27. The maximum Gasteiger partial charge on any atom is 0.312 e. The summed E-state index contributed by atoms with van der Waals surface area (Å²) in [7, 11) is 0. The molecule has 2 bridgehead atoms. The van der Waals surface area contributed by atoms with Crippen LogP contribution in [0.4, 0.5) is 0 Å². The lowest BCUT2D eigenvalue weighted by atomic mass is 9.77. The zero-order chi connectivity index (χ0) is 17.8. The van der Waals surface area contributed by atoms with Crippen LogP contribution in [0.3, 0.4) is 0 Å². The first kappa shape index (κ1) is 16.8. The van der Waals surface area contributed by atoms with E-state index in [2.05, 4.69) is 15.9 Å². The van der Waals surface area contributed by atoms with Gasteiger partial charge in [0.1, 0.15) is 11.5 Å². The molecule has 0 saturated carbocycles. The number of carbonyl (C=O) groups is 2. The maximum atomic E-state index is 13.2. The summed E-state index contributed by atoms with van der Waals surface area (Å²) < 4.78 is 12.3. The molecule has 6 heteroatoms. The van der Waals surface area contributed by atoms with Crippen molar-refractivity contribution >= 4 is 27.8 Å². The second kappa shape index (κ2) is 5.95. The fraction of sp³-hybridized carbons (Fsp3) is 0.474. The first-order valence-corrected chi connectivity index (χ1v) is 9.36. The van der Waals surface area contributed by atoms with Gasteiger partial charge in [-0.3, -0.25) is 9.59 Å². The Morgan fingerprint density at radius 2 is 2.16 bits per heavy atom. The second-order valence-electron chi connectivity index (χ2n) is 6.85. The van der Waals surface area contributed by atoms with Crippen molar-refractivity contribution in [3.05, 3.63) is 46.5 Å². The molecule has 3 aliphatic rings. The number of fused-ring (bicyclic) bond motifs is 1. The van der Waals surface area contributed by atoms with E-state index in [0.29, 0.717) is 13.2 Å². The van der Waals surface area contributed by atoms with Crippen molar-refractivity contribution in [2.45, 2.75) is 31.6 Å². The average molecular weight is 406 g/mol. The van der Waals surface area contributed by atoms with Gasteiger partial charge in [0.15, 0.2) is 0 Å². The summed E-state index contributed by atoms with van der Waals surface area (Å²) in [5.41, 5.74) is 0.363. The van der Waals surface area contributed by atoms with Crippen molar-refractivity contribution in [3.63, 3.8) is 0 Å². The summed E-state index contributed by atoms with van der Waals surface area (Å²) in [6, 6.07) is 7.86. The molecule has 0 aromatic heterocycles. The predicted molar refractivity (Wildman–Crippen MR) is 94.6 cm³/mol. The Morgan fingerprint density at radius 1 is 1.44 bits per heavy atom. The van der Waals surface area contributed by atoms with E-state index >= 15 is 0 Å². The van der Waals surface area contributed by atoms with Gasteiger partial charge >= 0.3 is 5.97 Å². The molecule has 1 amide bonds. The fourth-order valence-corrected chi connectivity index (χ4v) is 4.55. The van der Waals surface area contributed by atoms with E-state index < -0.39 is 17.4 Å². The van der Waals surface area contributed by atoms with Gasteiger partial charge < -0.3 is 14.4 Å². The molecule has 5 nitrogen and oxygen atoms in total. The summed E-state index contributed by atoms with van der Waals surface area (Å²) in [5.74, 6) is -1.39. The monoisotopic (exact) mass is 405 g/mol. The Kier molecular flexibility index (Phi) is 4.00. The Labute approximate surface area is 155 Å². The van der Waals surface area contributed by atoms with Crippen LogP contribution in [0.1, 0.15) is 25.5 Å². The van der Waals surface area contributed by atoms with Gasteiger partial charge in [0.25, 0.3) is 0 Å². The highest BCUT2D eigenvalue weighted by atomic mass is 79.9. The molecule has 0 N–H and O–H groups in total. The average Bonchev–Trinajstić information content (AvgIpc) is 3.23. The minimum Gasteiger partial charge on any atom is -0.466 e. The van der Waals surface area contributed by atoms with Crippen molar-refractivity contribution in [1.29, 1.82) is 0 Å². The third-order valence-corrected chi connectivity index (χ3v) is 6.04.